The molecule has 0 saturated carbocycles. The van der Waals surface area contributed by atoms with E-state index in [1.807, 2.05) is 39.8 Å². The highest BCUT2D eigenvalue weighted by Gasteiger charge is 2.32. The number of aryl methyl sites for hydroxylation is 2. The van der Waals surface area contributed by atoms with E-state index in [0.29, 0.717) is 24.5 Å². The van der Waals surface area contributed by atoms with Gasteiger partial charge in [-0.3, -0.25) is 9.10 Å². The molecule has 0 aliphatic rings. The van der Waals surface area contributed by atoms with Crippen LogP contribution < -0.4 is 14.4 Å². The van der Waals surface area contributed by atoms with Gasteiger partial charge in [-0.1, -0.05) is 30.7 Å². The number of carbonyl (C=O) groups is 1. The van der Waals surface area contributed by atoms with Crippen LogP contribution in [0.25, 0.3) is 0 Å². The summed E-state index contributed by atoms with van der Waals surface area (Å²) in [5.41, 5.74) is 3.68. The predicted molar refractivity (Wildman–Crippen MR) is 121 cm³/mol. The molecule has 30 heavy (non-hydrogen) atoms. The monoisotopic (exact) mass is 432 g/mol. The topological polar surface area (TPSA) is 75.7 Å². The first-order valence-electron chi connectivity index (χ1n) is 10.2. The zero-order chi connectivity index (χ0) is 22.5. The second-order valence-electron chi connectivity index (χ2n) is 7.50. The van der Waals surface area contributed by atoms with Gasteiger partial charge in [0, 0.05) is 0 Å². The maximum atomic E-state index is 13.1. The Bertz CT molecular complexity index is 971. The molecule has 2 rings (SSSR count). The number of sulfonamides is 1. The molecule has 0 saturated heterocycles. The van der Waals surface area contributed by atoms with Crippen molar-refractivity contribution in [3.8, 4) is 5.75 Å². The molecule has 0 aliphatic carbocycles. The summed E-state index contributed by atoms with van der Waals surface area (Å²) in [4.78, 5) is 13.1. The number of anilines is 1. The van der Waals surface area contributed by atoms with Crippen molar-refractivity contribution in [2.75, 3.05) is 17.2 Å². The fourth-order valence-electron chi connectivity index (χ4n) is 3.62. The molecule has 0 aromatic heterocycles. The summed E-state index contributed by atoms with van der Waals surface area (Å²) in [6.07, 6.45) is 1.46. The average molecular weight is 433 g/mol. The summed E-state index contributed by atoms with van der Waals surface area (Å²) >= 11 is 0. The van der Waals surface area contributed by atoms with Crippen LogP contribution in [0.4, 0.5) is 5.69 Å². The smallest absolute Gasteiger partial charge is 0.244 e. The first kappa shape index (κ1) is 23.7. The number of nitrogens with zero attached hydrogens (tertiary/aromatic N) is 1. The lowest BCUT2D eigenvalue weighted by molar-refractivity contribution is -0.122. The summed E-state index contributed by atoms with van der Waals surface area (Å²) in [7, 11) is -3.68. The Hall–Kier alpha value is -2.54. The molecule has 0 aliphatic heterocycles. The van der Waals surface area contributed by atoms with Crippen molar-refractivity contribution in [1.82, 2.24) is 5.32 Å². The van der Waals surface area contributed by atoms with Crippen LogP contribution in [0.1, 0.15) is 49.9 Å². The lowest BCUT2D eigenvalue weighted by Crippen LogP contribution is -2.49. The van der Waals surface area contributed by atoms with Crippen molar-refractivity contribution < 1.29 is 17.9 Å². The van der Waals surface area contributed by atoms with Gasteiger partial charge in [-0.15, -0.1) is 0 Å². The number of hydrogen-bond acceptors (Lipinski definition) is 4. The van der Waals surface area contributed by atoms with Crippen molar-refractivity contribution in [1.29, 1.82) is 0 Å². The van der Waals surface area contributed by atoms with Gasteiger partial charge in [-0.25, -0.2) is 8.42 Å². The summed E-state index contributed by atoms with van der Waals surface area (Å²) in [5.74, 6) is 0.319. The number of amides is 1. The summed E-state index contributed by atoms with van der Waals surface area (Å²) in [6, 6.07) is 11.7. The lowest BCUT2D eigenvalue weighted by Gasteiger charge is -2.31. The zero-order valence-electron chi connectivity index (χ0n) is 18.6. The molecule has 0 heterocycles. The first-order valence-corrected chi connectivity index (χ1v) is 12.0. The minimum Gasteiger partial charge on any atom is -0.494 e. The van der Waals surface area contributed by atoms with Crippen LogP contribution in [-0.2, 0) is 14.8 Å². The van der Waals surface area contributed by atoms with Crippen LogP contribution in [0.15, 0.2) is 42.5 Å². The van der Waals surface area contributed by atoms with E-state index in [-0.39, 0.29) is 11.9 Å². The van der Waals surface area contributed by atoms with Gasteiger partial charge in [-0.05, 0) is 69.5 Å². The summed E-state index contributed by atoms with van der Waals surface area (Å²) in [6.45, 7) is 10.1. The summed E-state index contributed by atoms with van der Waals surface area (Å²) < 4.78 is 31.8. The summed E-state index contributed by atoms with van der Waals surface area (Å²) in [5, 5.41) is 2.99. The second-order valence-corrected chi connectivity index (χ2v) is 9.36. The SMILES string of the molecule is CCOc1ccc(N([C@H](CC)C(=O)N[C@H](C)c2ccc(C)cc2C)S(C)(=O)=O)cc1. The number of nitrogens with one attached hydrogen (secondary N) is 1. The number of carbonyl (C=O) groups excluding carboxylic acids is 1. The fourth-order valence-corrected chi connectivity index (χ4v) is 4.83. The molecular formula is C23H32N2O4S. The molecule has 0 fully saturated rings. The molecule has 0 unspecified atom stereocenters. The Balaban J connectivity index is 2.31. The van der Waals surface area contributed by atoms with Crippen molar-refractivity contribution in [3.05, 3.63) is 59.2 Å². The van der Waals surface area contributed by atoms with E-state index >= 15 is 0 Å². The van der Waals surface area contributed by atoms with Gasteiger partial charge >= 0.3 is 0 Å². The molecule has 1 N–H and O–H groups in total. The highest BCUT2D eigenvalue weighted by Crippen LogP contribution is 2.26. The van der Waals surface area contributed by atoms with E-state index in [4.69, 9.17) is 4.74 Å². The molecule has 6 nitrogen and oxygen atoms in total. The molecule has 0 radical (unpaired) electrons. The molecule has 7 heteroatoms. The molecular weight excluding hydrogens is 400 g/mol. The highest BCUT2D eigenvalue weighted by atomic mass is 32.2. The van der Waals surface area contributed by atoms with E-state index in [1.165, 1.54) is 4.31 Å². The van der Waals surface area contributed by atoms with Gasteiger partial charge in [0.05, 0.1) is 24.6 Å². The Morgan fingerprint density at radius 1 is 1.10 bits per heavy atom. The van der Waals surface area contributed by atoms with Gasteiger partial charge < -0.3 is 10.1 Å². The molecule has 0 spiro atoms. The first-order chi connectivity index (χ1) is 14.1. The fraction of sp³-hybridized carbons (Fsp3) is 0.435. The standard InChI is InChI=1S/C23H32N2O4S/c1-7-22(23(26)24-18(5)21-14-9-16(3)15-17(21)4)25(30(6,27)28)19-10-12-20(13-11-19)29-8-2/h9-15,18,22H,7-8H2,1-6H3,(H,24,26)/t18-,22-/m1/s1. The predicted octanol–water partition coefficient (Wildman–Crippen LogP) is 4.12. The minimum atomic E-state index is -3.68. The Morgan fingerprint density at radius 2 is 1.73 bits per heavy atom. The third kappa shape index (κ3) is 5.75. The Morgan fingerprint density at radius 3 is 2.23 bits per heavy atom. The highest BCUT2D eigenvalue weighted by molar-refractivity contribution is 7.92. The number of ether oxygens (including phenoxy) is 1. The Kier molecular flexibility index (Phi) is 7.89. The van der Waals surface area contributed by atoms with Gasteiger partial charge in [0.25, 0.3) is 0 Å². The maximum Gasteiger partial charge on any atom is 0.244 e. The third-order valence-electron chi connectivity index (χ3n) is 4.98. The number of rotatable bonds is 9. The van der Waals surface area contributed by atoms with Crippen LogP contribution >= 0.6 is 0 Å². The van der Waals surface area contributed by atoms with Gasteiger partial charge in [-0.2, -0.15) is 0 Å². The average Bonchev–Trinajstić information content (AvgIpc) is 2.65. The normalized spacial score (nSPS) is 13.4. The Labute approximate surface area is 180 Å². The van der Waals surface area contributed by atoms with E-state index in [2.05, 4.69) is 11.4 Å². The van der Waals surface area contributed by atoms with Crippen LogP contribution in [0.2, 0.25) is 0 Å². The van der Waals surface area contributed by atoms with Crippen LogP contribution in [-0.4, -0.2) is 33.2 Å². The number of benzene rings is 2. The molecule has 1 amide bonds. The van der Waals surface area contributed by atoms with E-state index in [0.717, 1.165) is 22.9 Å². The van der Waals surface area contributed by atoms with Crippen molar-refractivity contribution in [3.63, 3.8) is 0 Å². The van der Waals surface area contributed by atoms with Gasteiger partial charge in [0.1, 0.15) is 11.8 Å². The van der Waals surface area contributed by atoms with Crippen molar-refractivity contribution in [2.24, 2.45) is 0 Å². The van der Waals surface area contributed by atoms with E-state index in [1.54, 1.807) is 31.2 Å². The molecule has 0 bridgehead atoms. The van der Waals surface area contributed by atoms with Crippen molar-refractivity contribution >= 4 is 21.6 Å². The van der Waals surface area contributed by atoms with Crippen LogP contribution in [0, 0.1) is 13.8 Å². The third-order valence-corrected chi connectivity index (χ3v) is 6.16. The minimum absolute atomic E-state index is 0.242. The van der Waals surface area contributed by atoms with Crippen LogP contribution in [0.3, 0.4) is 0 Å². The quantitative estimate of drug-likeness (QED) is 0.647. The van der Waals surface area contributed by atoms with Gasteiger partial charge in [0.15, 0.2) is 0 Å². The molecule has 2 aromatic rings. The molecule has 2 atom stereocenters. The van der Waals surface area contributed by atoms with E-state index < -0.39 is 16.1 Å². The van der Waals surface area contributed by atoms with Gasteiger partial charge in [0.2, 0.25) is 15.9 Å². The van der Waals surface area contributed by atoms with Crippen molar-refractivity contribution in [2.45, 2.75) is 53.1 Å². The lowest BCUT2D eigenvalue weighted by atomic mass is 10.00. The zero-order valence-corrected chi connectivity index (χ0v) is 19.4. The molecule has 2 aromatic carbocycles. The van der Waals surface area contributed by atoms with Crippen LogP contribution in [0.5, 0.6) is 5.75 Å². The maximum absolute atomic E-state index is 13.1. The van der Waals surface area contributed by atoms with E-state index in [9.17, 15) is 13.2 Å². The largest absolute Gasteiger partial charge is 0.494 e. The molecule has 164 valence electrons. The second kappa shape index (κ2) is 9.98. The number of hydrogen-bond donors (Lipinski definition) is 1.